The van der Waals surface area contributed by atoms with Crippen LogP contribution in [0.1, 0.15) is 17.8 Å². The van der Waals surface area contributed by atoms with Crippen LogP contribution >= 0.6 is 11.6 Å². The fourth-order valence-electron chi connectivity index (χ4n) is 2.34. The third-order valence-corrected chi connectivity index (χ3v) is 3.52. The lowest BCUT2D eigenvalue weighted by Gasteiger charge is -2.20. The number of aryl methyl sites for hydroxylation is 1. The molecule has 2 aliphatic rings. The maximum absolute atomic E-state index is 6.25. The number of halogens is 1. The summed E-state index contributed by atoms with van der Waals surface area (Å²) in [5, 5.41) is 0.779. The zero-order valence-electron chi connectivity index (χ0n) is 9.56. The Morgan fingerprint density at radius 3 is 3.12 bits per heavy atom. The lowest BCUT2D eigenvalue weighted by atomic mass is 9.91. The molecule has 0 saturated carbocycles. The number of aromatic nitrogens is 2. The summed E-state index contributed by atoms with van der Waals surface area (Å²) in [6.07, 6.45) is 6.84. The smallest absolute Gasteiger partial charge is 0.116 e. The van der Waals surface area contributed by atoms with Crippen molar-refractivity contribution in [3.8, 4) is 0 Å². The van der Waals surface area contributed by atoms with E-state index in [0.29, 0.717) is 5.92 Å². The lowest BCUT2D eigenvalue weighted by molar-refractivity contribution is 0.131. The minimum atomic E-state index is 0.0587. The molecule has 2 atom stereocenters. The molecular weight excluding hydrogens is 236 g/mol. The first kappa shape index (κ1) is 10.9. The molecule has 3 rings (SSSR count). The third kappa shape index (κ3) is 2.01. The van der Waals surface area contributed by atoms with Gasteiger partial charge in [-0.25, -0.2) is 9.97 Å². The van der Waals surface area contributed by atoms with E-state index in [1.54, 1.807) is 6.33 Å². The standard InChI is InChI=1S/C13H13ClN2O/c1-8-4-12(16-7-15-8)10-5-9-2-3-17-13(9)11(14)6-10/h4-7,9,13H,2-3H2,1H3. The Labute approximate surface area is 105 Å². The molecule has 2 heterocycles. The van der Waals surface area contributed by atoms with Gasteiger partial charge in [0.25, 0.3) is 0 Å². The molecular formula is C13H13ClN2O. The molecule has 88 valence electrons. The summed E-state index contributed by atoms with van der Waals surface area (Å²) in [5.41, 5.74) is 2.97. The van der Waals surface area contributed by atoms with E-state index in [4.69, 9.17) is 16.3 Å². The van der Waals surface area contributed by atoms with Gasteiger partial charge in [-0.3, -0.25) is 0 Å². The summed E-state index contributed by atoms with van der Waals surface area (Å²) < 4.78 is 5.60. The van der Waals surface area contributed by atoms with Crippen molar-refractivity contribution < 1.29 is 4.74 Å². The highest BCUT2D eigenvalue weighted by Crippen LogP contribution is 2.37. The van der Waals surface area contributed by atoms with Crippen LogP contribution in [-0.4, -0.2) is 22.7 Å². The SMILES string of the molecule is Cc1cc(C2=CC3CCOC3C(Cl)=C2)ncn1. The van der Waals surface area contributed by atoms with Crippen LogP contribution < -0.4 is 0 Å². The summed E-state index contributed by atoms with van der Waals surface area (Å²) >= 11 is 6.25. The molecule has 17 heavy (non-hydrogen) atoms. The van der Waals surface area contributed by atoms with Crippen LogP contribution in [0.5, 0.6) is 0 Å². The highest BCUT2D eigenvalue weighted by Gasteiger charge is 2.32. The number of nitrogens with zero attached hydrogens (tertiary/aromatic N) is 2. The molecule has 0 aromatic carbocycles. The van der Waals surface area contributed by atoms with Crippen LogP contribution in [0.2, 0.25) is 0 Å². The Bertz CT molecular complexity index is 510. The van der Waals surface area contributed by atoms with Gasteiger partial charge in [-0.15, -0.1) is 0 Å². The van der Waals surface area contributed by atoms with Gasteiger partial charge < -0.3 is 4.74 Å². The van der Waals surface area contributed by atoms with Gasteiger partial charge in [0.1, 0.15) is 6.33 Å². The monoisotopic (exact) mass is 248 g/mol. The minimum Gasteiger partial charge on any atom is -0.372 e. The topological polar surface area (TPSA) is 35.0 Å². The van der Waals surface area contributed by atoms with Gasteiger partial charge in [0.2, 0.25) is 0 Å². The number of hydrogen-bond acceptors (Lipinski definition) is 3. The molecule has 0 N–H and O–H groups in total. The van der Waals surface area contributed by atoms with Crippen LogP contribution in [0.15, 0.2) is 29.6 Å². The van der Waals surface area contributed by atoms with E-state index in [1.807, 2.05) is 19.1 Å². The summed E-state index contributed by atoms with van der Waals surface area (Å²) in [6.45, 7) is 2.74. The first-order valence-electron chi connectivity index (χ1n) is 5.73. The molecule has 1 saturated heterocycles. The minimum absolute atomic E-state index is 0.0587. The number of ether oxygens (including phenoxy) is 1. The molecule has 0 bridgehead atoms. The second kappa shape index (κ2) is 4.24. The molecule has 4 heteroatoms. The Morgan fingerprint density at radius 2 is 2.29 bits per heavy atom. The van der Waals surface area contributed by atoms with E-state index < -0.39 is 0 Å². The van der Waals surface area contributed by atoms with E-state index in [-0.39, 0.29) is 6.10 Å². The van der Waals surface area contributed by atoms with Crippen molar-refractivity contribution in [1.29, 1.82) is 0 Å². The van der Waals surface area contributed by atoms with E-state index >= 15 is 0 Å². The van der Waals surface area contributed by atoms with Crippen LogP contribution in [-0.2, 0) is 4.74 Å². The number of fused-ring (bicyclic) bond motifs is 1. The summed E-state index contributed by atoms with van der Waals surface area (Å²) in [6, 6.07) is 1.97. The molecule has 0 radical (unpaired) electrons. The van der Waals surface area contributed by atoms with Gasteiger partial charge in [0.15, 0.2) is 0 Å². The summed E-state index contributed by atoms with van der Waals surface area (Å²) in [5.74, 6) is 0.387. The maximum atomic E-state index is 6.25. The molecule has 1 aliphatic heterocycles. The molecule has 0 amide bonds. The van der Waals surface area contributed by atoms with Gasteiger partial charge in [0, 0.05) is 23.3 Å². The van der Waals surface area contributed by atoms with Crippen molar-refractivity contribution in [2.24, 2.45) is 5.92 Å². The average molecular weight is 249 g/mol. The second-order valence-electron chi connectivity index (χ2n) is 4.44. The summed E-state index contributed by atoms with van der Waals surface area (Å²) in [7, 11) is 0. The zero-order valence-corrected chi connectivity index (χ0v) is 10.3. The van der Waals surface area contributed by atoms with Crippen LogP contribution in [0.3, 0.4) is 0 Å². The number of hydrogen-bond donors (Lipinski definition) is 0. The van der Waals surface area contributed by atoms with E-state index in [1.165, 1.54) is 0 Å². The van der Waals surface area contributed by atoms with Gasteiger partial charge in [-0.05, 0) is 31.1 Å². The van der Waals surface area contributed by atoms with Crippen LogP contribution in [0, 0.1) is 12.8 Å². The predicted octanol–water partition coefficient (Wildman–Crippen LogP) is 2.71. The van der Waals surface area contributed by atoms with Crippen molar-refractivity contribution in [3.05, 3.63) is 41.0 Å². The highest BCUT2D eigenvalue weighted by atomic mass is 35.5. The molecule has 1 fully saturated rings. The van der Waals surface area contributed by atoms with Gasteiger partial charge in [-0.1, -0.05) is 17.7 Å². The Morgan fingerprint density at radius 1 is 1.41 bits per heavy atom. The van der Waals surface area contributed by atoms with Crippen molar-refractivity contribution in [1.82, 2.24) is 9.97 Å². The molecule has 1 aromatic rings. The van der Waals surface area contributed by atoms with Crippen LogP contribution in [0.25, 0.3) is 5.57 Å². The number of rotatable bonds is 1. The fourth-order valence-corrected chi connectivity index (χ4v) is 2.68. The second-order valence-corrected chi connectivity index (χ2v) is 4.88. The Kier molecular flexibility index (Phi) is 2.73. The largest absolute Gasteiger partial charge is 0.372 e. The van der Waals surface area contributed by atoms with Crippen molar-refractivity contribution >= 4 is 17.2 Å². The molecule has 1 aliphatic carbocycles. The Balaban J connectivity index is 1.99. The van der Waals surface area contributed by atoms with E-state index in [2.05, 4.69) is 16.0 Å². The van der Waals surface area contributed by atoms with E-state index in [9.17, 15) is 0 Å². The first-order chi connectivity index (χ1) is 8.24. The van der Waals surface area contributed by atoms with Crippen LogP contribution in [0.4, 0.5) is 0 Å². The molecule has 1 aromatic heterocycles. The van der Waals surface area contributed by atoms with Gasteiger partial charge in [-0.2, -0.15) is 0 Å². The molecule has 0 spiro atoms. The van der Waals surface area contributed by atoms with Crippen molar-refractivity contribution in [2.45, 2.75) is 19.4 Å². The lowest BCUT2D eigenvalue weighted by Crippen LogP contribution is -2.18. The first-order valence-corrected chi connectivity index (χ1v) is 6.11. The predicted molar refractivity (Wildman–Crippen MR) is 66.5 cm³/mol. The van der Waals surface area contributed by atoms with Gasteiger partial charge in [0.05, 0.1) is 11.8 Å². The fraction of sp³-hybridized carbons (Fsp3) is 0.385. The molecule has 3 nitrogen and oxygen atoms in total. The number of allylic oxidation sites excluding steroid dienone is 2. The average Bonchev–Trinajstić information content (AvgIpc) is 2.77. The molecule has 2 unspecified atom stereocenters. The van der Waals surface area contributed by atoms with Gasteiger partial charge >= 0.3 is 0 Å². The van der Waals surface area contributed by atoms with Crippen molar-refractivity contribution in [2.75, 3.05) is 6.61 Å². The quantitative estimate of drug-likeness (QED) is 0.767. The third-order valence-electron chi connectivity index (χ3n) is 3.20. The Hall–Kier alpha value is -1.19. The summed E-state index contributed by atoms with van der Waals surface area (Å²) in [4.78, 5) is 8.39. The normalized spacial score (nSPS) is 27.4. The van der Waals surface area contributed by atoms with E-state index in [0.717, 1.165) is 35.0 Å². The highest BCUT2D eigenvalue weighted by molar-refractivity contribution is 6.31. The zero-order chi connectivity index (χ0) is 11.8. The van der Waals surface area contributed by atoms with Crippen molar-refractivity contribution in [3.63, 3.8) is 0 Å². The maximum Gasteiger partial charge on any atom is 0.116 e.